The average Bonchev–Trinajstić information content (AvgIpc) is 2.69. The summed E-state index contributed by atoms with van der Waals surface area (Å²) in [6.07, 6.45) is 2.93. The summed E-state index contributed by atoms with van der Waals surface area (Å²) in [6.45, 7) is 1.94. The van der Waals surface area contributed by atoms with E-state index in [4.69, 9.17) is 9.47 Å². The van der Waals surface area contributed by atoms with Crippen molar-refractivity contribution in [1.82, 2.24) is 9.97 Å². The summed E-state index contributed by atoms with van der Waals surface area (Å²) < 4.78 is 10.5. The van der Waals surface area contributed by atoms with E-state index in [1.54, 1.807) is 14.2 Å². The van der Waals surface area contributed by atoms with Gasteiger partial charge in [-0.2, -0.15) is 0 Å². The van der Waals surface area contributed by atoms with Crippen molar-refractivity contribution in [3.05, 3.63) is 66.0 Å². The van der Waals surface area contributed by atoms with Crippen molar-refractivity contribution >= 4 is 23.2 Å². The number of rotatable bonds is 6. The number of anilines is 3. The number of benzene rings is 2. The summed E-state index contributed by atoms with van der Waals surface area (Å²) >= 11 is 0. The van der Waals surface area contributed by atoms with Crippen LogP contribution >= 0.6 is 0 Å². The van der Waals surface area contributed by atoms with Crippen LogP contribution in [-0.2, 0) is 0 Å². The molecule has 138 valence electrons. The second kappa shape index (κ2) is 8.18. The minimum absolute atomic E-state index is 0.313. The lowest BCUT2D eigenvalue weighted by molar-refractivity contribution is 0.102. The Bertz CT molecular complexity index is 942. The first kappa shape index (κ1) is 18.2. The maximum atomic E-state index is 12.5. The quantitative estimate of drug-likeness (QED) is 0.692. The van der Waals surface area contributed by atoms with E-state index >= 15 is 0 Å². The summed E-state index contributed by atoms with van der Waals surface area (Å²) in [4.78, 5) is 20.9. The van der Waals surface area contributed by atoms with E-state index in [2.05, 4.69) is 20.6 Å². The van der Waals surface area contributed by atoms with Gasteiger partial charge in [-0.15, -0.1) is 0 Å². The molecule has 0 aliphatic rings. The molecule has 0 bridgehead atoms. The van der Waals surface area contributed by atoms with Crippen LogP contribution in [0, 0.1) is 6.92 Å². The van der Waals surface area contributed by atoms with Gasteiger partial charge in [0.05, 0.1) is 25.5 Å². The van der Waals surface area contributed by atoms with Gasteiger partial charge < -0.3 is 20.1 Å². The maximum absolute atomic E-state index is 12.5. The molecule has 1 amide bonds. The number of hydrogen-bond acceptors (Lipinski definition) is 6. The highest BCUT2D eigenvalue weighted by Crippen LogP contribution is 2.25. The number of ether oxygens (including phenoxy) is 2. The van der Waals surface area contributed by atoms with Gasteiger partial charge in [-0.1, -0.05) is 12.1 Å². The van der Waals surface area contributed by atoms with Crippen molar-refractivity contribution in [3.8, 4) is 11.5 Å². The predicted molar refractivity (Wildman–Crippen MR) is 104 cm³/mol. The lowest BCUT2D eigenvalue weighted by atomic mass is 10.2. The summed E-state index contributed by atoms with van der Waals surface area (Å²) in [6, 6.07) is 13.0. The van der Waals surface area contributed by atoms with Gasteiger partial charge in [-0.25, -0.2) is 9.97 Å². The number of carbonyl (C=O) groups excluding carboxylic acids is 1. The van der Waals surface area contributed by atoms with E-state index in [1.807, 2.05) is 49.4 Å². The minimum Gasteiger partial charge on any atom is -0.497 e. The van der Waals surface area contributed by atoms with E-state index in [1.165, 1.54) is 12.4 Å². The lowest BCUT2D eigenvalue weighted by Crippen LogP contribution is -2.14. The molecular formula is C20H20N4O3. The molecule has 7 heteroatoms. The number of amides is 1. The Morgan fingerprint density at radius 2 is 1.78 bits per heavy atom. The first-order chi connectivity index (χ1) is 13.1. The monoisotopic (exact) mass is 364 g/mol. The molecule has 0 atom stereocenters. The van der Waals surface area contributed by atoms with Crippen molar-refractivity contribution < 1.29 is 14.3 Å². The molecule has 27 heavy (non-hydrogen) atoms. The molecule has 2 N–H and O–H groups in total. The van der Waals surface area contributed by atoms with Crippen LogP contribution in [0.4, 0.5) is 17.3 Å². The third kappa shape index (κ3) is 4.52. The minimum atomic E-state index is -0.313. The molecule has 0 saturated carbocycles. The van der Waals surface area contributed by atoms with Crippen LogP contribution < -0.4 is 20.1 Å². The number of nitrogens with one attached hydrogen (secondary N) is 2. The van der Waals surface area contributed by atoms with Crippen LogP contribution in [-0.4, -0.2) is 30.1 Å². The van der Waals surface area contributed by atoms with Gasteiger partial charge >= 0.3 is 0 Å². The Labute approximate surface area is 157 Å². The topological polar surface area (TPSA) is 85.4 Å². The number of carbonyl (C=O) groups is 1. The lowest BCUT2D eigenvalue weighted by Gasteiger charge is -2.11. The van der Waals surface area contributed by atoms with Crippen LogP contribution in [0.5, 0.6) is 11.5 Å². The fourth-order valence-corrected chi connectivity index (χ4v) is 2.45. The smallest absolute Gasteiger partial charge is 0.258 e. The van der Waals surface area contributed by atoms with Crippen molar-refractivity contribution in [3.63, 3.8) is 0 Å². The number of methoxy groups -OCH3 is 2. The summed E-state index contributed by atoms with van der Waals surface area (Å²) in [5.41, 5.74) is 2.74. The molecule has 0 unspecified atom stereocenters. The molecule has 0 aliphatic heterocycles. The number of hydrogen-bond donors (Lipinski definition) is 2. The molecular weight excluding hydrogens is 344 g/mol. The molecule has 7 nitrogen and oxygen atoms in total. The number of nitrogens with zero attached hydrogens (tertiary/aromatic N) is 2. The summed E-state index contributed by atoms with van der Waals surface area (Å²) in [5.74, 6) is 1.38. The van der Waals surface area contributed by atoms with E-state index in [-0.39, 0.29) is 5.91 Å². The van der Waals surface area contributed by atoms with Gasteiger partial charge in [-0.3, -0.25) is 4.79 Å². The second-order valence-corrected chi connectivity index (χ2v) is 5.81. The predicted octanol–water partition coefficient (Wildman–Crippen LogP) is 3.80. The Morgan fingerprint density at radius 1 is 1.00 bits per heavy atom. The third-order valence-corrected chi connectivity index (χ3v) is 3.84. The highest BCUT2D eigenvalue weighted by Gasteiger charge is 2.11. The Hall–Kier alpha value is -3.61. The van der Waals surface area contributed by atoms with E-state index in [0.29, 0.717) is 22.9 Å². The molecule has 2 aromatic carbocycles. The average molecular weight is 364 g/mol. The molecule has 0 spiro atoms. The highest BCUT2D eigenvalue weighted by atomic mass is 16.5. The Morgan fingerprint density at radius 3 is 2.48 bits per heavy atom. The molecule has 0 aliphatic carbocycles. The van der Waals surface area contributed by atoms with Gasteiger partial charge in [0.25, 0.3) is 5.91 Å². The molecule has 3 rings (SSSR count). The van der Waals surface area contributed by atoms with Crippen LogP contribution in [0.15, 0.2) is 54.9 Å². The van der Waals surface area contributed by atoms with E-state index in [0.717, 1.165) is 17.0 Å². The third-order valence-electron chi connectivity index (χ3n) is 3.84. The van der Waals surface area contributed by atoms with E-state index in [9.17, 15) is 4.79 Å². The normalized spacial score (nSPS) is 10.2. The van der Waals surface area contributed by atoms with Gasteiger partial charge in [0.1, 0.15) is 11.5 Å². The van der Waals surface area contributed by atoms with Crippen molar-refractivity contribution in [2.75, 3.05) is 24.9 Å². The van der Waals surface area contributed by atoms with Gasteiger partial charge in [0.2, 0.25) is 5.95 Å². The zero-order valence-corrected chi connectivity index (χ0v) is 15.3. The maximum Gasteiger partial charge on any atom is 0.258 e. The fraction of sp³-hybridized carbons (Fsp3) is 0.150. The zero-order chi connectivity index (χ0) is 19.2. The second-order valence-electron chi connectivity index (χ2n) is 5.81. The Kier molecular flexibility index (Phi) is 5.51. The standard InChI is InChI=1S/C20H20N4O3/c1-13-7-8-18(27-3)17(9-13)24-19(25)14-11-21-20(22-12-14)23-15-5-4-6-16(10-15)26-2/h4-12H,1-3H3,(H,24,25)(H,21,22,23). The zero-order valence-electron chi connectivity index (χ0n) is 15.3. The van der Waals surface area contributed by atoms with Gasteiger partial charge in [-0.05, 0) is 36.8 Å². The molecule has 0 radical (unpaired) electrons. The molecule has 0 fully saturated rings. The number of aromatic nitrogens is 2. The summed E-state index contributed by atoms with van der Waals surface area (Å²) in [7, 11) is 3.16. The van der Waals surface area contributed by atoms with Gasteiger partial charge in [0.15, 0.2) is 0 Å². The number of aryl methyl sites for hydroxylation is 1. The Balaban J connectivity index is 1.71. The summed E-state index contributed by atoms with van der Waals surface area (Å²) in [5, 5.41) is 5.89. The van der Waals surface area contributed by atoms with Crippen molar-refractivity contribution in [2.45, 2.75) is 6.92 Å². The molecule has 1 heterocycles. The van der Waals surface area contributed by atoms with Crippen LogP contribution in [0.25, 0.3) is 0 Å². The van der Waals surface area contributed by atoms with Crippen LogP contribution in [0.1, 0.15) is 15.9 Å². The first-order valence-corrected chi connectivity index (χ1v) is 8.28. The van der Waals surface area contributed by atoms with Gasteiger partial charge in [0, 0.05) is 24.1 Å². The molecule has 3 aromatic rings. The highest BCUT2D eigenvalue weighted by molar-refractivity contribution is 6.04. The molecule has 0 saturated heterocycles. The fourth-order valence-electron chi connectivity index (χ4n) is 2.45. The van der Waals surface area contributed by atoms with Crippen LogP contribution in [0.2, 0.25) is 0 Å². The van der Waals surface area contributed by atoms with E-state index < -0.39 is 0 Å². The van der Waals surface area contributed by atoms with Crippen molar-refractivity contribution in [2.24, 2.45) is 0 Å². The van der Waals surface area contributed by atoms with Crippen LogP contribution in [0.3, 0.4) is 0 Å². The van der Waals surface area contributed by atoms with Crippen molar-refractivity contribution in [1.29, 1.82) is 0 Å². The first-order valence-electron chi connectivity index (χ1n) is 8.28. The largest absolute Gasteiger partial charge is 0.497 e. The SMILES string of the molecule is COc1cccc(Nc2ncc(C(=O)Nc3cc(C)ccc3OC)cn2)c1. The molecule has 1 aromatic heterocycles.